The minimum atomic E-state index is -0.256. The van der Waals surface area contributed by atoms with Crippen LogP contribution in [-0.4, -0.2) is 30.1 Å². The van der Waals surface area contributed by atoms with Gasteiger partial charge in [-0.1, -0.05) is 13.0 Å². The van der Waals surface area contributed by atoms with E-state index in [-0.39, 0.29) is 17.5 Å². The molecule has 0 unspecified atom stereocenters. The highest BCUT2D eigenvalue weighted by Gasteiger charge is 2.42. The number of nitrogens with two attached hydrogens (primary N) is 1. The number of hydrogen-bond donors (Lipinski definition) is 1. The highest BCUT2D eigenvalue weighted by atomic mass is 19.1. The Hall–Kier alpha value is -1.13. The topological polar surface area (TPSA) is 38.5 Å². The van der Waals surface area contributed by atoms with Gasteiger partial charge in [0.15, 0.2) is 0 Å². The van der Waals surface area contributed by atoms with Crippen LogP contribution in [0.25, 0.3) is 0 Å². The lowest BCUT2D eigenvalue weighted by Gasteiger charge is -2.46. The molecule has 0 aromatic heterocycles. The van der Waals surface area contributed by atoms with E-state index in [1.54, 1.807) is 6.07 Å². The quantitative estimate of drug-likeness (QED) is 0.847. The Bertz CT molecular complexity index is 469. The highest BCUT2D eigenvalue weighted by molar-refractivity contribution is 5.39. The lowest BCUT2D eigenvalue weighted by atomic mass is 9.81. The molecule has 104 valence electrons. The van der Waals surface area contributed by atoms with E-state index in [1.807, 2.05) is 0 Å². The lowest BCUT2D eigenvalue weighted by molar-refractivity contribution is -0.0207. The maximum absolute atomic E-state index is 13.4. The Balaban J connectivity index is 1.84. The summed E-state index contributed by atoms with van der Waals surface area (Å²) in [6.45, 7) is 5.32. The van der Waals surface area contributed by atoms with Crippen molar-refractivity contribution in [3.05, 3.63) is 29.6 Å². The normalized spacial score (nSPS) is 25.9. The molecule has 1 fully saturated rings. The molecule has 1 atom stereocenters. The summed E-state index contributed by atoms with van der Waals surface area (Å²) in [7, 11) is 0. The van der Waals surface area contributed by atoms with Gasteiger partial charge in [-0.05, 0) is 25.5 Å². The van der Waals surface area contributed by atoms with Gasteiger partial charge in [0.1, 0.15) is 17.2 Å². The van der Waals surface area contributed by atoms with Crippen LogP contribution in [0.2, 0.25) is 0 Å². The van der Waals surface area contributed by atoms with Crippen molar-refractivity contribution >= 4 is 0 Å². The number of fused-ring (bicyclic) bond motifs is 1. The first-order valence-electron chi connectivity index (χ1n) is 7.08. The van der Waals surface area contributed by atoms with Gasteiger partial charge in [-0.15, -0.1) is 0 Å². The van der Waals surface area contributed by atoms with Crippen LogP contribution in [0.4, 0.5) is 4.39 Å². The smallest absolute Gasteiger partial charge is 0.127 e. The van der Waals surface area contributed by atoms with Crippen LogP contribution in [0, 0.1) is 5.82 Å². The molecule has 1 aromatic carbocycles. The molecule has 0 saturated carbocycles. The maximum atomic E-state index is 13.4. The molecule has 2 aliphatic rings. The van der Waals surface area contributed by atoms with E-state index in [4.69, 9.17) is 10.5 Å². The van der Waals surface area contributed by atoms with E-state index in [0.717, 1.165) is 44.5 Å². The summed E-state index contributed by atoms with van der Waals surface area (Å²) in [5.41, 5.74) is 7.00. The first-order valence-corrected chi connectivity index (χ1v) is 7.08. The maximum Gasteiger partial charge on any atom is 0.127 e. The average molecular weight is 264 g/mol. The third kappa shape index (κ3) is 2.35. The minimum Gasteiger partial charge on any atom is -0.487 e. The number of rotatable bonds is 1. The summed E-state index contributed by atoms with van der Waals surface area (Å²) in [6.07, 6.45) is 2.79. The van der Waals surface area contributed by atoms with Crippen LogP contribution < -0.4 is 10.5 Å². The highest BCUT2D eigenvalue weighted by Crippen LogP contribution is 2.43. The van der Waals surface area contributed by atoms with E-state index in [9.17, 15) is 4.39 Å². The van der Waals surface area contributed by atoms with Crippen LogP contribution in [0.3, 0.4) is 0 Å². The molecule has 3 rings (SSSR count). The van der Waals surface area contributed by atoms with Crippen LogP contribution in [0.15, 0.2) is 18.2 Å². The van der Waals surface area contributed by atoms with Crippen molar-refractivity contribution in [2.24, 2.45) is 5.73 Å². The molecule has 1 spiro atoms. The van der Waals surface area contributed by atoms with E-state index in [0.29, 0.717) is 5.75 Å². The summed E-state index contributed by atoms with van der Waals surface area (Å²) >= 11 is 0. The Morgan fingerprint density at radius 3 is 2.84 bits per heavy atom. The van der Waals surface area contributed by atoms with E-state index < -0.39 is 0 Å². The molecule has 3 nitrogen and oxygen atoms in total. The fourth-order valence-corrected chi connectivity index (χ4v) is 3.27. The van der Waals surface area contributed by atoms with E-state index in [2.05, 4.69) is 11.8 Å². The van der Waals surface area contributed by atoms with Crippen molar-refractivity contribution in [1.29, 1.82) is 0 Å². The molecular formula is C15H21FN2O. The van der Waals surface area contributed by atoms with Crippen molar-refractivity contribution in [2.75, 3.05) is 19.6 Å². The van der Waals surface area contributed by atoms with E-state index >= 15 is 0 Å². The molecule has 1 saturated heterocycles. The summed E-state index contributed by atoms with van der Waals surface area (Å²) in [5.74, 6) is 0.387. The van der Waals surface area contributed by atoms with Crippen LogP contribution in [-0.2, 0) is 0 Å². The Morgan fingerprint density at radius 1 is 1.42 bits per heavy atom. The Labute approximate surface area is 113 Å². The SMILES string of the molecule is CCN1CCC2(CC1)C[C@H](N)c1ccc(F)cc1O2. The summed E-state index contributed by atoms with van der Waals surface area (Å²) < 4.78 is 19.5. The number of ether oxygens (including phenoxy) is 1. The van der Waals surface area contributed by atoms with Gasteiger partial charge in [0.25, 0.3) is 0 Å². The molecule has 0 radical (unpaired) electrons. The monoisotopic (exact) mass is 264 g/mol. The standard InChI is InChI=1S/C15H21FN2O/c1-2-18-7-5-15(6-8-18)10-13(17)12-4-3-11(16)9-14(12)19-15/h3-4,9,13H,2,5-8,10,17H2,1H3/t13-/m0/s1. The predicted molar refractivity (Wildman–Crippen MR) is 72.7 cm³/mol. The van der Waals surface area contributed by atoms with Gasteiger partial charge in [0, 0.05) is 37.2 Å². The van der Waals surface area contributed by atoms with Crippen molar-refractivity contribution in [3.8, 4) is 5.75 Å². The van der Waals surface area contributed by atoms with Gasteiger partial charge in [-0.25, -0.2) is 4.39 Å². The number of halogens is 1. The molecule has 2 heterocycles. The third-order valence-electron chi connectivity index (χ3n) is 4.51. The molecule has 2 aliphatic heterocycles. The molecule has 2 N–H and O–H groups in total. The second-order valence-corrected chi connectivity index (χ2v) is 5.71. The summed E-state index contributed by atoms with van der Waals surface area (Å²) in [5, 5.41) is 0. The zero-order chi connectivity index (χ0) is 13.5. The predicted octanol–water partition coefficient (Wildman–Crippen LogP) is 2.46. The first-order chi connectivity index (χ1) is 9.12. The van der Waals surface area contributed by atoms with Gasteiger partial charge < -0.3 is 15.4 Å². The fourth-order valence-electron chi connectivity index (χ4n) is 3.27. The van der Waals surface area contributed by atoms with Crippen LogP contribution in [0.5, 0.6) is 5.75 Å². The molecule has 0 bridgehead atoms. The number of likely N-dealkylation sites (tertiary alicyclic amines) is 1. The average Bonchev–Trinajstić information content (AvgIpc) is 2.39. The van der Waals surface area contributed by atoms with Gasteiger partial charge >= 0.3 is 0 Å². The molecule has 1 aromatic rings. The Kier molecular flexibility index (Phi) is 3.23. The van der Waals surface area contributed by atoms with Crippen molar-refractivity contribution in [1.82, 2.24) is 4.90 Å². The lowest BCUT2D eigenvalue weighted by Crippen LogP contribution is -2.51. The van der Waals surface area contributed by atoms with Crippen molar-refractivity contribution in [3.63, 3.8) is 0 Å². The zero-order valence-corrected chi connectivity index (χ0v) is 11.4. The minimum absolute atomic E-state index is 0.0440. The number of piperidine rings is 1. The second-order valence-electron chi connectivity index (χ2n) is 5.71. The molecule has 0 amide bonds. The summed E-state index contributed by atoms with van der Waals surface area (Å²) in [4.78, 5) is 2.42. The van der Waals surface area contributed by atoms with Crippen LogP contribution >= 0.6 is 0 Å². The number of benzene rings is 1. The van der Waals surface area contributed by atoms with Gasteiger partial charge in [-0.3, -0.25) is 0 Å². The van der Waals surface area contributed by atoms with E-state index in [1.165, 1.54) is 12.1 Å². The van der Waals surface area contributed by atoms with Crippen molar-refractivity contribution < 1.29 is 9.13 Å². The first kappa shape index (κ1) is 12.9. The molecule has 4 heteroatoms. The molecule has 0 aliphatic carbocycles. The largest absolute Gasteiger partial charge is 0.487 e. The van der Waals surface area contributed by atoms with Crippen molar-refractivity contribution in [2.45, 2.75) is 37.8 Å². The molecular weight excluding hydrogens is 243 g/mol. The van der Waals surface area contributed by atoms with Gasteiger partial charge in [0.05, 0.1) is 0 Å². The van der Waals surface area contributed by atoms with Gasteiger partial charge in [0.2, 0.25) is 0 Å². The number of hydrogen-bond acceptors (Lipinski definition) is 3. The third-order valence-corrected chi connectivity index (χ3v) is 4.51. The number of nitrogens with zero attached hydrogens (tertiary/aromatic N) is 1. The summed E-state index contributed by atoms with van der Waals surface area (Å²) in [6, 6.07) is 4.64. The van der Waals surface area contributed by atoms with Crippen LogP contribution in [0.1, 0.15) is 37.8 Å². The Morgan fingerprint density at radius 2 is 2.16 bits per heavy atom. The zero-order valence-electron chi connectivity index (χ0n) is 11.4. The van der Waals surface area contributed by atoms with Gasteiger partial charge in [-0.2, -0.15) is 0 Å². The molecule has 19 heavy (non-hydrogen) atoms. The fraction of sp³-hybridized carbons (Fsp3) is 0.600. The second kappa shape index (κ2) is 4.76.